The predicted molar refractivity (Wildman–Crippen MR) is 127 cm³/mol. The molecule has 0 aliphatic carbocycles. The van der Waals surface area contributed by atoms with Gasteiger partial charge in [0.15, 0.2) is 5.65 Å². The molecule has 0 unspecified atom stereocenters. The van der Waals surface area contributed by atoms with E-state index >= 15 is 0 Å². The van der Waals surface area contributed by atoms with Crippen molar-refractivity contribution in [3.8, 4) is 0 Å². The molecule has 0 aliphatic heterocycles. The topological polar surface area (TPSA) is 124 Å². The van der Waals surface area contributed by atoms with Gasteiger partial charge in [-0.25, -0.2) is 14.8 Å². The summed E-state index contributed by atoms with van der Waals surface area (Å²) in [6.07, 6.45) is 3.39. The number of nitrogen functional groups attached to an aromatic ring is 1. The summed E-state index contributed by atoms with van der Waals surface area (Å²) >= 11 is 0. The molecule has 2 aromatic carbocycles. The van der Waals surface area contributed by atoms with Crippen molar-refractivity contribution < 1.29 is 14.3 Å². The molecule has 3 N–H and O–H groups in total. The Morgan fingerprint density at radius 2 is 1.82 bits per heavy atom. The van der Waals surface area contributed by atoms with E-state index in [0.29, 0.717) is 34.3 Å². The lowest BCUT2D eigenvalue weighted by atomic mass is 10.1. The lowest BCUT2D eigenvalue weighted by molar-refractivity contribution is 0.0600. The van der Waals surface area contributed by atoms with Gasteiger partial charge >= 0.3 is 5.97 Å². The van der Waals surface area contributed by atoms with Crippen LogP contribution in [0.3, 0.4) is 0 Å². The first-order chi connectivity index (χ1) is 16.0. The Hall–Kier alpha value is -4.27. The van der Waals surface area contributed by atoms with Crippen molar-refractivity contribution in [2.75, 3.05) is 19.4 Å². The third kappa shape index (κ3) is 4.38. The molecule has 33 heavy (non-hydrogen) atoms. The van der Waals surface area contributed by atoms with E-state index < -0.39 is 5.97 Å². The largest absolute Gasteiger partial charge is 0.465 e. The fourth-order valence-corrected chi connectivity index (χ4v) is 3.40. The Balaban J connectivity index is 1.79. The molecule has 0 bridgehead atoms. The molecule has 0 atom stereocenters. The quantitative estimate of drug-likeness (QED) is 0.256. The Bertz CT molecular complexity index is 1360. The van der Waals surface area contributed by atoms with Gasteiger partial charge in [0, 0.05) is 6.54 Å². The number of nitrogens with zero attached hydrogens (tertiary/aromatic N) is 4. The smallest absolute Gasteiger partial charge is 0.337 e. The number of ether oxygens (including phenoxy) is 1. The van der Waals surface area contributed by atoms with Crippen LogP contribution >= 0.6 is 0 Å². The standard InChI is InChI=1S/C24H24N6O3/c1-3-4-13-26-23(31)19-20-22(29-18-8-6-5-7-17(18)28-20)30(21(19)25)27-14-15-9-11-16(12-10-15)24(32)33-2/h5-12,14H,3-4,13,25H2,1-2H3,(H,26,31). The van der Waals surface area contributed by atoms with Crippen LogP contribution in [0, 0.1) is 0 Å². The number of aromatic nitrogens is 3. The molecule has 168 valence electrons. The molecule has 4 rings (SSSR count). The van der Waals surface area contributed by atoms with E-state index in [1.807, 2.05) is 24.3 Å². The van der Waals surface area contributed by atoms with Crippen molar-refractivity contribution in [1.29, 1.82) is 0 Å². The summed E-state index contributed by atoms with van der Waals surface area (Å²) in [4.78, 5) is 33.9. The molecule has 0 radical (unpaired) electrons. The Kier molecular flexibility index (Phi) is 6.30. The van der Waals surface area contributed by atoms with Crippen LogP contribution in [0.15, 0.2) is 53.6 Å². The number of hydrogen-bond donors (Lipinski definition) is 2. The van der Waals surface area contributed by atoms with Crippen LogP contribution in [0.4, 0.5) is 5.82 Å². The number of rotatable bonds is 7. The zero-order valence-corrected chi connectivity index (χ0v) is 18.4. The number of carbonyl (C=O) groups is 2. The second-order valence-electron chi connectivity index (χ2n) is 7.42. The fourth-order valence-electron chi connectivity index (χ4n) is 3.40. The number of methoxy groups -OCH3 is 1. The van der Waals surface area contributed by atoms with Crippen LogP contribution in [0.1, 0.15) is 46.0 Å². The van der Waals surface area contributed by atoms with Gasteiger partial charge in [-0.2, -0.15) is 9.78 Å². The average Bonchev–Trinajstić information content (AvgIpc) is 3.11. The molecule has 9 nitrogen and oxygen atoms in total. The lowest BCUT2D eigenvalue weighted by Gasteiger charge is -2.04. The van der Waals surface area contributed by atoms with Gasteiger partial charge in [0.1, 0.15) is 16.9 Å². The Labute approximate surface area is 190 Å². The zero-order chi connectivity index (χ0) is 23.4. The van der Waals surface area contributed by atoms with Gasteiger partial charge in [-0.3, -0.25) is 4.79 Å². The van der Waals surface area contributed by atoms with Crippen molar-refractivity contribution in [3.63, 3.8) is 0 Å². The number of fused-ring (bicyclic) bond motifs is 2. The molecule has 4 aromatic rings. The number of amides is 1. The van der Waals surface area contributed by atoms with Crippen LogP contribution in [-0.4, -0.2) is 46.4 Å². The first kappa shape index (κ1) is 21.9. The summed E-state index contributed by atoms with van der Waals surface area (Å²) in [5.74, 6) is -0.580. The first-order valence-corrected chi connectivity index (χ1v) is 10.6. The van der Waals surface area contributed by atoms with Crippen LogP contribution in [0.25, 0.3) is 22.2 Å². The minimum Gasteiger partial charge on any atom is -0.465 e. The SMILES string of the molecule is CCCCNC(=O)c1c(N)n(N=Cc2ccc(C(=O)OC)cc2)c2nc3ccccc3nc12. The highest BCUT2D eigenvalue weighted by molar-refractivity contribution is 6.10. The van der Waals surface area contributed by atoms with Gasteiger partial charge in [-0.15, -0.1) is 0 Å². The van der Waals surface area contributed by atoms with E-state index in [-0.39, 0.29) is 17.3 Å². The van der Waals surface area contributed by atoms with Crippen LogP contribution in [-0.2, 0) is 4.74 Å². The number of nitrogens with one attached hydrogen (secondary N) is 1. The van der Waals surface area contributed by atoms with E-state index in [1.54, 1.807) is 30.5 Å². The first-order valence-electron chi connectivity index (χ1n) is 10.6. The number of nitrogens with two attached hydrogens (primary N) is 1. The highest BCUT2D eigenvalue weighted by Crippen LogP contribution is 2.27. The maximum absolute atomic E-state index is 12.9. The highest BCUT2D eigenvalue weighted by atomic mass is 16.5. The number of carbonyl (C=O) groups excluding carboxylic acids is 2. The number of benzene rings is 2. The van der Waals surface area contributed by atoms with E-state index in [0.717, 1.165) is 18.4 Å². The molecule has 0 aliphatic rings. The monoisotopic (exact) mass is 444 g/mol. The molecule has 0 saturated heterocycles. The summed E-state index contributed by atoms with van der Waals surface area (Å²) < 4.78 is 6.13. The zero-order valence-electron chi connectivity index (χ0n) is 18.4. The molecular formula is C24H24N6O3. The lowest BCUT2D eigenvalue weighted by Crippen LogP contribution is -2.25. The van der Waals surface area contributed by atoms with Gasteiger partial charge < -0.3 is 15.8 Å². The van der Waals surface area contributed by atoms with E-state index in [9.17, 15) is 9.59 Å². The van der Waals surface area contributed by atoms with Gasteiger partial charge in [0.2, 0.25) is 0 Å². The summed E-state index contributed by atoms with van der Waals surface area (Å²) in [6.45, 7) is 2.59. The van der Waals surface area contributed by atoms with Gasteiger partial charge in [-0.05, 0) is 36.2 Å². The number of para-hydroxylation sites is 2. The Morgan fingerprint density at radius 1 is 1.12 bits per heavy atom. The third-order valence-corrected chi connectivity index (χ3v) is 5.17. The predicted octanol–water partition coefficient (Wildman–Crippen LogP) is 3.37. The van der Waals surface area contributed by atoms with Crippen LogP contribution in [0.2, 0.25) is 0 Å². The minimum atomic E-state index is -0.417. The van der Waals surface area contributed by atoms with E-state index in [2.05, 4.69) is 27.3 Å². The maximum Gasteiger partial charge on any atom is 0.337 e. The third-order valence-electron chi connectivity index (χ3n) is 5.17. The number of anilines is 1. The molecule has 0 saturated carbocycles. The summed E-state index contributed by atoms with van der Waals surface area (Å²) in [6, 6.07) is 14.2. The minimum absolute atomic E-state index is 0.150. The van der Waals surface area contributed by atoms with Crippen molar-refractivity contribution in [2.45, 2.75) is 19.8 Å². The highest BCUT2D eigenvalue weighted by Gasteiger charge is 2.23. The summed E-state index contributed by atoms with van der Waals surface area (Å²) in [5, 5.41) is 7.37. The molecule has 0 spiro atoms. The number of esters is 1. The molecule has 1 amide bonds. The summed E-state index contributed by atoms with van der Waals surface area (Å²) in [5.41, 5.74) is 9.88. The van der Waals surface area contributed by atoms with Crippen molar-refractivity contribution >= 4 is 46.1 Å². The van der Waals surface area contributed by atoms with Gasteiger partial charge in [0.25, 0.3) is 5.91 Å². The second-order valence-corrected chi connectivity index (χ2v) is 7.42. The average molecular weight is 444 g/mol. The van der Waals surface area contributed by atoms with Gasteiger partial charge in [-0.1, -0.05) is 37.6 Å². The molecule has 2 heterocycles. The van der Waals surface area contributed by atoms with E-state index in [1.165, 1.54) is 11.8 Å². The molecule has 9 heteroatoms. The molecule has 0 fully saturated rings. The normalized spacial score (nSPS) is 11.3. The number of hydrogen-bond acceptors (Lipinski definition) is 7. The molecule has 2 aromatic heterocycles. The summed E-state index contributed by atoms with van der Waals surface area (Å²) in [7, 11) is 1.33. The maximum atomic E-state index is 12.9. The van der Waals surface area contributed by atoms with Crippen molar-refractivity contribution in [2.24, 2.45) is 5.10 Å². The van der Waals surface area contributed by atoms with Crippen molar-refractivity contribution in [1.82, 2.24) is 20.0 Å². The van der Waals surface area contributed by atoms with Crippen molar-refractivity contribution in [3.05, 3.63) is 65.2 Å². The van der Waals surface area contributed by atoms with Gasteiger partial charge in [0.05, 0.1) is 29.9 Å². The van der Waals surface area contributed by atoms with Crippen LogP contribution < -0.4 is 11.1 Å². The number of unbranched alkanes of at least 4 members (excludes halogenated alkanes) is 1. The second kappa shape index (κ2) is 9.47. The van der Waals surface area contributed by atoms with Crippen LogP contribution in [0.5, 0.6) is 0 Å². The fraction of sp³-hybridized carbons (Fsp3) is 0.208. The molecular weight excluding hydrogens is 420 g/mol. The van der Waals surface area contributed by atoms with E-state index in [4.69, 9.17) is 10.5 Å². The Morgan fingerprint density at radius 3 is 2.48 bits per heavy atom.